The Morgan fingerprint density at radius 2 is 2.13 bits per heavy atom. The minimum absolute atomic E-state index is 0.179. The van der Waals surface area contributed by atoms with Crippen LogP contribution in [0.2, 0.25) is 10.3 Å². The summed E-state index contributed by atoms with van der Waals surface area (Å²) in [7, 11) is 3.94. The lowest BCUT2D eigenvalue weighted by atomic mass is 10.1. The lowest BCUT2D eigenvalue weighted by molar-refractivity contribution is 0.413. The van der Waals surface area contributed by atoms with Crippen LogP contribution in [-0.4, -0.2) is 30.5 Å². The number of halogens is 2. The number of nitriles is 1. The second kappa shape index (κ2) is 5.32. The first-order valence-electron chi connectivity index (χ1n) is 4.44. The van der Waals surface area contributed by atoms with Gasteiger partial charge in [0.2, 0.25) is 0 Å². The molecule has 0 saturated carbocycles. The van der Waals surface area contributed by atoms with Crippen LogP contribution in [0.3, 0.4) is 0 Å². The van der Waals surface area contributed by atoms with Crippen molar-refractivity contribution in [3.8, 4) is 6.07 Å². The molecule has 15 heavy (non-hydrogen) atoms. The van der Waals surface area contributed by atoms with Gasteiger partial charge in [-0.05, 0) is 32.1 Å². The SMILES string of the molecule is CN(C)CCc1cc(Cl)nc(Cl)c1C#N. The molecule has 0 spiro atoms. The molecule has 1 heterocycles. The van der Waals surface area contributed by atoms with Crippen LogP contribution in [0.5, 0.6) is 0 Å². The van der Waals surface area contributed by atoms with Crippen LogP contribution in [0.15, 0.2) is 6.07 Å². The van der Waals surface area contributed by atoms with Gasteiger partial charge in [-0.1, -0.05) is 23.2 Å². The van der Waals surface area contributed by atoms with Gasteiger partial charge in [0.05, 0.1) is 5.56 Å². The summed E-state index contributed by atoms with van der Waals surface area (Å²) in [5, 5.41) is 9.43. The molecule has 0 atom stereocenters. The Balaban J connectivity index is 3.00. The highest BCUT2D eigenvalue weighted by atomic mass is 35.5. The molecule has 3 nitrogen and oxygen atoms in total. The summed E-state index contributed by atoms with van der Waals surface area (Å²) in [6, 6.07) is 3.73. The molecule has 0 aliphatic heterocycles. The number of rotatable bonds is 3. The van der Waals surface area contributed by atoms with Gasteiger partial charge >= 0.3 is 0 Å². The fourth-order valence-corrected chi connectivity index (χ4v) is 1.70. The molecule has 1 aromatic rings. The first-order chi connectivity index (χ1) is 7.04. The lowest BCUT2D eigenvalue weighted by Crippen LogP contribution is -2.15. The van der Waals surface area contributed by atoms with Crippen LogP contribution in [-0.2, 0) is 6.42 Å². The summed E-state index contributed by atoms with van der Waals surface area (Å²) < 4.78 is 0. The zero-order chi connectivity index (χ0) is 11.4. The van der Waals surface area contributed by atoms with Gasteiger partial charge in [0.25, 0.3) is 0 Å². The highest BCUT2D eigenvalue weighted by Gasteiger charge is 2.10. The van der Waals surface area contributed by atoms with Gasteiger partial charge < -0.3 is 4.90 Å². The summed E-state index contributed by atoms with van der Waals surface area (Å²) in [6.45, 7) is 0.839. The Hall–Kier alpha value is -0.820. The molecule has 1 aromatic heterocycles. The van der Waals surface area contributed by atoms with E-state index in [4.69, 9.17) is 28.5 Å². The molecule has 0 aromatic carbocycles. The number of nitrogens with zero attached hydrogens (tertiary/aromatic N) is 3. The molecular weight excluding hydrogens is 233 g/mol. The van der Waals surface area contributed by atoms with Crippen molar-refractivity contribution in [1.29, 1.82) is 5.26 Å². The van der Waals surface area contributed by atoms with Crippen molar-refractivity contribution in [3.63, 3.8) is 0 Å². The average molecular weight is 244 g/mol. The van der Waals surface area contributed by atoms with Crippen molar-refractivity contribution >= 4 is 23.2 Å². The third-order valence-electron chi connectivity index (χ3n) is 1.97. The van der Waals surface area contributed by atoms with Gasteiger partial charge in [-0.25, -0.2) is 4.98 Å². The standard InChI is InChI=1S/C10H11Cl2N3/c1-15(2)4-3-7-5-9(11)14-10(12)8(7)6-13/h5H,3-4H2,1-2H3. The summed E-state index contributed by atoms with van der Waals surface area (Å²) >= 11 is 11.6. The fraction of sp³-hybridized carbons (Fsp3) is 0.400. The molecule has 1 rings (SSSR count). The van der Waals surface area contributed by atoms with Gasteiger partial charge in [-0.15, -0.1) is 0 Å². The molecule has 0 N–H and O–H groups in total. The van der Waals surface area contributed by atoms with Gasteiger partial charge in [0, 0.05) is 6.54 Å². The summed E-state index contributed by atoms with van der Waals surface area (Å²) in [5.41, 5.74) is 1.26. The largest absolute Gasteiger partial charge is 0.309 e. The van der Waals surface area contributed by atoms with E-state index in [1.165, 1.54) is 0 Å². The van der Waals surface area contributed by atoms with Crippen molar-refractivity contribution in [2.24, 2.45) is 0 Å². The van der Waals surface area contributed by atoms with Crippen molar-refractivity contribution < 1.29 is 0 Å². The molecular formula is C10H11Cl2N3. The maximum atomic E-state index is 8.92. The maximum absolute atomic E-state index is 8.92. The van der Waals surface area contributed by atoms with Gasteiger partial charge in [-0.3, -0.25) is 0 Å². The minimum Gasteiger partial charge on any atom is -0.309 e. The van der Waals surface area contributed by atoms with E-state index in [2.05, 4.69) is 4.98 Å². The number of hydrogen-bond donors (Lipinski definition) is 0. The Labute approximate surface area is 99.2 Å². The van der Waals surface area contributed by atoms with Crippen molar-refractivity contribution in [3.05, 3.63) is 27.5 Å². The highest BCUT2D eigenvalue weighted by molar-refractivity contribution is 6.33. The van der Waals surface area contributed by atoms with Crippen LogP contribution >= 0.6 is 23.2 Å². The summed E-state index contributed by atoms with van der Waals surface area (Å²) in [6.07, 6.45) is 0.734. The van der Waals surface area contributed by atoms with Crippen LogP contribution < -0.4 is 0 Å². The predicted molar refractivity (Wildman–Crippen MR) is 61.2 cm³/mol. The molecule has 0 saturated heterocycles. The smallest absolute Gasteiger partial charge is 0.148 e. The zero-order valence-corrected chi connectivity index (χ0v) is 10.1. The molecule has 0 bridgehead atoms. The monoisotopic (exact) mass is 243 g/mol. The van der Waals surface area contributed by atoms with E-state index in [0.717, 1.165) is 18.5 Å². The van der Waals surface area contributed by atoms with Crippen LogP contribution in [0, 0.1) is 11.3 Å². The van der Waals surface area contributed by atoms with Crippen molar-refractivity contribution in [1.82, 2.24) is 9.88 Å². The normalized spacial score (nSPS) is 10.4. The molecule has 0 unspecified atom stereocenters. The topological polar surface area (TPSA) is 39.9 Å². The fourth-order valence-electron chi connectivity index (χ4n) is 1.19. The predicted octanol–water partition coefficient (Wildman–Crippen LogP) is 2.36. The first-order valence-corrected chi connectivity index (χ1v) is 5.20. The van der Waals surface area contributed by atoms with Crippen LogP contribution in [0.25, 0.3) is 0 Å². The first kappa shape index (κ1) is 12.3. The quantitative estimate of drug-likeness (QED) is 0.766. The zero-order valence-electron chi connectivity index (χ0n) is 8.59. The van der Waals surface area contributed by atoms with E-state index < -0.39 is 0 Å². The Morgan fingerprint density at radius 3 is 2.67 bits per heavy atom. The third kappa shape index (κ3) is 3.35. The second-order valence-corrected chi connectivity index (χ2v) is 4.18. The lowest BCUT2D eigenvalue weighted by Gasteiger charge is -2.10. The number of hydrogen-bond acceptors (Lipinski definition) is 3. The van der Waals surface area contributed by atoms with E-state index in [9.17, 15) is 0 Å². The van der Waals surface area contributed by atoms with Crippen LogP contribution in [0.1, 0.15) is 11.1 Å². The maximum Gasteiger partial charge on any atom is 0.148 e. The van der Waals surface area contributed by atoms with E-state index in [1.807, 2.05) is 25.1 Å². The van der Waals surface area contributed by atoms with E-state index in [1.54, 1.807) is 6.07 Å². The van der Waals surface area contributed by atoms with Gasteiger partial charge in [0.15, 0.2) is 0 Å². The Morgan fingerprint density at radius 1 is 1.47 bits per heavy atom. The van der Waals surface area contributed by atoms with E-state index in [-0.39, 0.29) is 5.15 Å². The molecule has 0 radical (unpaired) electrons. The Kier molecular flexibility index (Phi) is 4.34. The second-order valence-electron chi connectivity index (χ2n) is 3.43. The third-order valence-corrected chi connectivity index (χ3v) is 2.43. The van der Waals surface area contributed by atoms with E-state index >= 15 is 0 Å². The van der Waals surface area contributed by atoms with Crippen LogP contribution in [0.4, 0.5) is 0 Å². The summed E-state index contributed by atoms with van der Waals surface area (Å²) in [4.78, 5) is 5.86. The number of aromatic nitrogens is 1. The average Bonchev–Trinajstić information content (AvgIpc) is 2.13. The molecule has 0 aliphatic carbocycles. The molecule has 0 fully saturated rings. The van der Waals surface area contributed by atoms with Crippen molar-refractivity contribution in [2.75, 3.05) is 20.6 Å². The summed E-state index contributed by atoms with van der Waals surface area (Å²) in [5.74, 6) is 0. The molecule has 0 aliphatic rings. The minimum atomic E-state index is 0.179. The molecule has 80 valence electrons. The van der Waals surface area contributed by atoms with Gasteiger partial charge in [-0.2, -0.15) is 5.26 Å². The van der Waals surface area contributed by atoms with Gasteiger partial charge in [0.1, 0.15) is 16.4 Å². The molecule has 0 amide bonds. The van der Waals surface area contributed by atoms with Crippen molar-refractivity contribution in [2.45, 2.75) is 6.42 Å². The number of likely N-dealkylation sites (N-methyl/N-ethyl adjacent to an activating group) is 1. The Bertz CT molecular complexity index is 396. The number of pyridine rings is 1. The highest BCUT2D eigenvalue weighted by Crippen LogP contribution is 2.21. The molecule has 5 heteroatoms. The van der Waals surface area contributed by atoms with E-state index in [0.29, 0.717) is 10.7 Å².